The fraction of sp³-hybridized carbons (Fsp3) is 0.533. The highest BCUT2D eigenvalue weighted by atomic mass is 16.7. The van der Waals surface area contributed by atoms with E-state index in [4.69, 9.17) is 9.47 Å². The summed E-state index contributed by atoms with van der Waals surface area (Å²) in [6.07, 6.45) is 1.31. The van der Waals surface area contributed by atoms with E-state index in [1.807, 2.05) is 0 Å². The second-order valence-electron chi connectivity index (χ2n) is 5.66. The number of benzene rings is 1. The molecule has 2 fully saturated rings. The predicted molar refractivity (Wildman–Crippen MR) is 77.6 cm³/mol. The van der Waals surface area contributed by atoms with Crippen molar-refractivity contribution in [1.29, 1.82) is 0 Å². The third-order valence-electron chi connectivity index (χ3n) is 4.27. The quantitative estimate of drug-likeness (QED) is 0.615. The Morgan fingerprint density at radius 1 is 1.27 bits per heavy atom. The van der Waals surface area contributed by atoms with E-state index in [1.165, 1.54) is 12.1 Å². The van der Waals surface area contributed by atoms with Crippen LogP contribution in [0.25, 0.3) is 0 Å². The SMILES string of the molecule is Cc1cc(C(=O)N2CCC3(CC2)OCCO3)ccc1[N+](=O)[O-]. The molecule has 118 valence electrons. The van der Waals surface area contributed by atoms with Gasteiger partial charge in [-0.1, -0.05) is 0 Å². The number of nitro groups is 1. The summed E-state index contributed by atoms with van der Waals surface area (Å²) in [4.78, 5) is 24.6. The third kappa shape index (κ3) is 2.69. The van der Waals surface area contributed by atoms with Crippen molar-refractivity contribution < 1.29 is 19.2 Å². The highest BCUT2D eigenvalue weighted by molar-refractivity contribution is 5.94. The van der Waals surface area contributed by atoms with E-state index in [0.29, 0.717) is 50.3 Å². The zero-order valence-corrected chi connectivity index (χ0v) is 12.4. The minimum Gasteiger partial charge on any atom is -0.347 e. The van der Waals surface area contributed by atoms with Crippen LogP contribution in [0.2, 0.25) is 0 Å². The zero-order valence-electron chi connectivity index (χ0n) is 12.4. The van der Waals surface area contributed by atoms with Crippen molar-refractivity contribution in [3.05, 3.63) is 39.4 Å². The molecule has 0 aliphatic carbocycles. The Labute approximate surface area is 128 Å². The van der Waals surface area contributed by atoms with Crippen LogP contribution in [0.1, 0.15) is 28.8 Å². The van der Waals surface area contributed by atoms with Gasteiger partial charge in [0, 0.05) is 43.1 Å². The van der Waals surface area contributed by atoms with Crippen LogP contribution in [0.4, 0.5) is 5.69 Å². The lowest BCUT2D eigenvalue weighted by atomic mass is 10.0. The lowest BCUT2D eigenvalue weighted by Crippen LogP contribution is -2.47. The maximum absolute atomic E-state index is 12.5. The Hall–Kier alpha value is -1.99. The van der Waals surface area contributed by atoms with Crippen LogP contribution in [0.3, 0.4) is 0 Å². The standard InChI is InChI=1S/C15H18N2O5/c1-11-10-12(2-3-13(11)17(19)20)14(18)16-6-4-15(5-7-16)21-8-9-22-15/h2-3,10H,4-9H2,1H3. The summed E-state index contributed by atoms with van der Waals surface area (Å²) in [6.45, 7) is 3.98. The first-order valence-electron chi connectivity index (χ1n) is 7.33. The number of nitro benzene ring substituents is 1. The lowest BCUT2D eigenvalue weighted by Gasteiger charge is -2.37. The Balaban J connectivity index is 1.70. The van der Waals surface area contributed by atoms with Gasteiger partial charge in [-0.3, -0.25) is 14.9 Å². The molecule has 7 heteroatoms. The number of hydrogen-bond acceptors (Lipinski definition) is 5. The van der Waals surface area contributed by atoms with E-state index in [-0.39, 0.29) is 11.6 Å². The van der Waals surface area contributed by atoms with Crippen molar-refractivity contribution in [2.75, 3.05) is 26.3 Å². The number of piperidine rings is 1. The molecule has 1 aromatic rings. The van der Waals surface area contributed by atoms with Crippen LogP contribution < -0.4 is 0 Å². The van der Waals surface area contributed by atoms with E-state index < -0.39 is 10.7 Å². The van der Waals surface area contributed by atoms with Gasteiger partial charge in [-0.05, 0) is 19.1 Å². The van der Waals surface area contributed by atoms with Crippen LogP contribution >= 0.6 is 0 Å². The molecule has 2 heterocycles. The summed E-state index contributed by atoms with van der Waals surface area (Å²) in [7, 11) is 0. The molecule has 2 aliphatic rings. The molecule has 3 rings (SSSR count). The number of rotatable bonds is 2. The molecule has 0 N–H and O–H groups in total. The summed E-state index contributed by atoms with van der Waals surface area (Å²) in [5.74, 6) is -0.617. The summed E-state index contributed by atoms with van der Waals surface area (Å²) < 4.78 is 11.3. The Morgan fingerprint density at radius 3 is 2.45 bits per heavy atom. The normalized spacial score (nSPS) is 20.3. The van der Waals surface area contributed by atoms with Gasteiger partial charge in [0.1, 0.15) is 0 Å². The minimum absolute atomic E-state index is 0.0295. The van der Waals surface area contributed by atoms with Crippen LogP contribution in [0.5, 0.6) is 0 Å². The fourth-order valence-corrected chi connectivity index (χ4v) is 3.01. The van der Waals surface area contributed by atoms with Gasteiger partial charge < -0.3 is 14.4 Å². The van der Waals surface area contributed by atoms with E-state index in [0.717, 1.165) is 0 Å². The predicted octanol–water partition coefficient (Wildman–Crippen LogP) is 1.88. The molecular formula is C15H18N2O5. The van der Waals surface area contributed by atoms with Gasteiger partial charge in [-0.15, -0.1) is 0 Å². The number of carbonyl (C=O) groups excluding carboxylic acids is 1. The van der Waals surface area contributed by atoms with Crippen molar-refractivity contribution in [3.63, 3.8) is 0 Å². The Bertz CT molecular complexity index is 600. The van der Waals surface area contributed by atoms with Crippen LogP contribution in [-0.2, 0) is 9.47 Å². The van der Waals surface area contributed by atoms with Crippen molar-refractivity contribution in [3.8, 4) is 0 Å². The first kappa shape index (κ1) is 14.9. The molecule has 0 radical (unpaired) electrons. The average Bonchev–Trinajstić information content (AvgIpc) is 2.95. The molecule has 0 unspecified atom stereocenters. The number of carbonyl (C=O) groups is 1. The summed E-state index contributed by atoms with van der Waals surface area (Å²) in [5.41, 5.74) is 1.00. The third-order valence-corrected chi connectivity index (χ3v) is 4.27. The topological polar surface area (TPSA) is 81.9 Å². The maximum atomic E-state index is 12.5. The number of hydrogen-bond donors (Lipinski definition) is 0. The van der Waals surface area contributed by atoms with E-state index in [9.17, 15) is 14.9 Å². The zero-order chi connectivity index (χ0) is 15.7. The van der Waals surface area contributed by atoms with Crippen molar-refractivity contribution in [1.82, 2.24) is 4.90 Å². The smallest absolute Gasteiger partial charge is 0.272 e. The number of ether oxygens (including phenoxy) is 2. The number of nitrogens with zero attached hydrogens (tertiary/aromatic N) is 2. The van der Waals surface area contributed by atoms with Crippen molar-refractivity contribution in [2.24, 2.45) is 0 Å². The highest BCUT2D eigenvalue weighted by Crippen LogP contribution is 2.32. The number of aryl methyl sites for hydroxylation is 1. The molecule has 1 spiro atoms. The van der Waals surface area contributed by atoms with Gasteiger partial charge in [0.2, 0.25) is 0 Å². The number of likely N-dealkylation sites (tertiary alicyclic amines) is 1. The molecule has 1 aromatic carbocycles. The molecule has 1 amide bonds. The Morgan fingerprint density at radius 2 is 1.91 bits per heavy atom. The second kappa shape index (κ2) is 5.66. The molecule has 0 bridgehead atoms. The maximum Gasteiger partial charge on any atom is 0.272 e. The largest absolute Gasteiger partial charge is 0.347 e. The van der Waals surface area contributed by atoms with Gasteiger partial charge in [0.25, 0.3) is 11.6 Å². The van der Waals surface area contributed by atoms with E-state index in [2.05, 4.69) is 0 Å². The van der Waals surface area contributed by atoms with E-state index >= 15 is 0 Å². The van der Waals surface area contributed by atoms with Crippen LogP contribution in [0.15, 0.2) is 18.2 Å². The first-order chi connectivity index (χ1) is 10.5. The summed E-state index contributed by atoms with van der Waals surface area (Å²) in [6, 6.07) is 4.48. The molecule has 2 saturated heterocycles. The Kier molecular flexibility index (Phi) is 3.84. The summed E-state index contributed by atoms with van der Waals surface area (Å²) >= 11 is 0. The minimum atomic E-state index is -0.512. The van der Waals surface area contributed by atoms with Crippen molar-refractivity contribution in [2.45, 2.75) is 25.6 Å². The van der Waals surface area contributed by atoms with E-state index in [1.54, 1.807) is 17.9 Å². The van der Waals surface area contributed by atoms with Crippen LogP contribution in [-0.4, -0.2) is 47.8 Å². The monoisotopic (exact) mass is 306 g/mol. The first-order valence-corrected chi connectivity index (χ1v) is 7.33. The van der Waals surface area contributed by atoms with Gasteiger partial charge in [0.15, 0.2) is 5.79 Å². The molecule has 0 atom stereocenters. The fourth-order valence-electron chi connectivity index (χ4n) is 3.01. The van der Waals surface area contributed by atoms with Gasteiger partial charge >= 0.3 is 0 Å². The van der Waals surface area contributed by atoms with Gasteiger partial charge in [-0.2, -0.15) is 0 Å². The van der Waals surface area contributed by atoms with Gasteiger partial charge in [0.05, 0.1) is 18.1 Å². The molecular weight excluding hydrogens is 288 g/mol. The van der Waals surface area contributed by atoms with Crippen LogP contribution in [0, 0.1) is 17.0 Å². The number of amides is 1. The molecule has 2 aliphatic heterocycles. The second-order valence-corrected chi connectivity index (χ2v) is 5.66. The molecule has 7 nitrogen and oxygen atoms in total. The molecule has 0 saturated carbocycles. The molecule has 22 heavy (non-hydrogen) atoms. The van der Waals surface area contributed by atoms with Gasteiger partial charge in [-0.25, -0.2) is 0 Å². The molecule has 0 aromatic heterocycles. The average molecular weight is 306 g/mol. The highest BCUT2D eigenvalue weighted by Gasteiger charge is 2.40. The lowest BCUT2D eigenvalue weighted by molar-refractivity contribution is -0.385. The van der Waals surface area contributed by atoms with Crippen molar-refractivity contribution >= 4 is 11.6 Å². The summed E-state index contributed by atoms with van der Waals surface area (Å²) in [5, 5.41) is 10.8.